The molecule has 2 aromatic rings. The zero-order valence-electron chi connectivity index (χ0n) is 15.8. The van der Waals surface area contributed by atoms with Gasteiger partial charge in [-0.05, 0) is 61.4 Å². The van der Waals surface area contributed by atoms with Crippen molar-refractivity contribution in [2.24, 2.45) is 0 Å². The Hall–Kier alpha value is -2.53. The van der Waals surface area contributed by atoms with Crippen LogP contribution in [-0.4, -0.2) is 31.1 Å². The van der Waals surface area contributed by atoms with Crippen molar-refractivity contribution in [1.82, 2.24) is 0 Å². The maximum atomic E-state index is 11.4. The monoisotopic (exact) mass is 370 g/mol. The topological polar surface area (TPSA) is 65.0 Å². The minimum absolute atomic E-state index is 0.192. The minimum atomic E-state index is -0.882. The third-order valence-electron chi connectivity index (χ3n) is 5.13. The van der Waals surface area contributed by atoms with Crippen molar-refractivity contribution < 1.29 is 24.1 Å². The zero-order chi connectivity index (χ0) is 19.3. The Balaban J connectivity index is 1.63. The number of hydrogen-bond donors (Lipinski definition) is 1. The third-order valence-corrected chi connectivity index (χ3v) is 5.13. The van der Waals surface area contributed by atoms with Gasteiger partial charge in [-0.3, -0.25) is 0 Å². The summed E-state index contributed by atoms with van der Waals surface area (Å²) in [6.45, 7) is 2.05. The predicted octanol–water partition coefficient (Wildman–Crippen LogP) is 4.67. The molecule has 0 amide bonds. The molecule has 0 saturated heterocycles. The zero-order valence-corrected chi connectivity index (χ0v) is 15.8. The van der Waals surface area contributed by atoms with E-state index < -0.39 is 11.8 Å². The lowest BCUT2D eigenvalue weighted by molar-refractivity contribution is -0.0530. The summed E-state index contributed by atoms with van der Waals surface area (Å²) in [5.41, 5.74) is 2.20. The summed E-state index contributed by atoms with van der Waals surface area (Å²) in [6.07, 6.45) is 1.53. The van der Waals surface area contributed by atoms with E-state index in [2.05, 4.69) is 0 Å². The van der Waals surface area contributed by atoms with Gasteiger partial charge in [0.25, 0.3) is 0 Å². The summed E-state index contributed by atoms with van der Waals surface area (Å²) in [6, 6.07) is 15.9. The number of methoxy groups -OCH3 is 1. The van der Waals surface area contributed by atoms with Gasteiger partial charge in [-0.1, -0.05) is 36.4 Å². The molecule has 0 radical (unpaired) electrons. The van der Waals surface area contributed by atoms with Crippen LogP contribution in [0, 0.1) is 0 Å². The van der Waals surface area contributed by atoms with Crippen LogP contribution in [0.25, 0.3) is 11.1 Å². The van der Waals surface area contributed by atoms with E-state index in [0.717, 1.165) is 22.4 Å². The Kier molecular flexibility index (Phi) is 6.01. The van der Waals surface area contributed by atoms with Crippen LogP contribution in [-0.2, 0) is 15.1 Å². The molecule has 1 aliphatic rings. The van der Waals surface area contributed by atoms with Gasteiger partial charge in [0.2, 0.25) is 0 Å². The average Bonchev–Trinajstić information content (AvgIpc) is 2.70. The summed E-state index contributed by atoms with van der Waals surface area (Å²) in [7, 11) is 1.65. The van der Waals surface area contributed by atoms with Gasteiger partial charge in [-0.25, -0.2) is 4.79 Å². The molecule has 1 fully saturated rings. The number of carbonyl (C=O) groups is 1. The number of benzene rings is 2. The number of carbonyl (C=O) groups excluding carboxylic acids is 1. The molecule has 0 heterocycles. The van der Waals surface area contributed by atoms with Crippen molar-refractivity contribution in [3.8, 4) is 16.9 Å². The third kappa shape index (κ3) is 4.61. The number of rotatable bonds is 5. The molecule has 2 aromatic carbocycles. The van der Waals surface area contributed by atoms with Crippen LogP contribution >= 0.6 is 0 Å². The van der Waals surface area contributed by atoms with Crippen molar-refractivity contribution in [2.45, 2.75) is 44.3 Å². The van der Waals surface area contributed by atoms with Crippen molar-refractivity contribution in [2.75, 3.05) is 13.7 Å². The van der Waals surface area contributed by atoms with Crippen LogP contribution < -0.4 is 4.74 Å². The average molecular weight is 370 g/mol. The van der Waals surface area contributed by atoms with Crippen LogP contribution in [0.15, 0.2) is 48.5 Å². The van der Waals surface area contributed by atoms with Gasteiger partial charge in [0.15, 0.2) is 0 Å². The van der Waals surface area contributed by atoms with Gasteiger partial charge >= 0.3 is 6.16 Å². The maximum Gasteiger partial charge on any atom is 0.508 e. The second-order valence-corrected chi connectivity index (χ2v) is 6.84. The maximum absolute atomic E-state index is 11.4. The van der Waals surface area contributed by atoms with E-state index in [1.54, 1.807) is 14.0 Å². The summed E-state index contributed by atoms with van der Waals surface area (Å²) in [4.78, 5) is 11.4. The largest absolute Gasteiger partial charge is 0.508 e. The number of aliphatic hydroxyl groups is 1. The van der Waals surface area contributed by atoms with Crippen molar-refractivity contribution in [1.29, 1.82) is 0 Å². The molecule has 3 rings (SSSR count). The Morgan fingerprint density at radius 1 is 1.04 bits per heavy atom. The molecule has 0 unspecified atom stereocenters. The highest BCUT2D eigenvalue weighted by Crippen LogP contribution is 2.38. The Labute approximate surface area is 159 Å². The van der Waals surface area contributed by atoms with E-state index in [-0.39, 0.29) is 6.10 Å². The first-order valence-electron chi connectivity index (χ1n) is 9.35. The van der Waals surface area contributed by atoms with Crippen LogP contribution in [0.1, 0.15) is 38.2 Å². The molecule has 1 saturated carbocycles. The van der Waals surface area contributed by atoms with Crippen molar-refractivity contribution in [3.63, 3.8) is 0 Å². The fourth-order valence-electron chi connectivity index (χ4n) is 3.52. The first-order chi connectivity index (χ1) is 13.0. The van der Waals surface area contributed by atoms with Crippen LogP contribution in [0.3, 0.4) is 0 Å². The Morgan fingerprint density at radius 3 is 2.11 bits per heavy atom. The van der Waals surface area contributed by atoms with Crippen LogP contribution in [0.5, 0.6) is 5.75 Å². The molecule has 0 spiro atoms. The highest BCUT2D eigenvalue weighted by atomic mass is 16.7. The molecule has 5 nitrogen and oxygen atoms in total. The molecule has 0 atom stereocenters. The molecule has 27 heavy (non-hydrogen) atoms. The minimum Gasteiger partial charge on any atom is -0.497 e. The van der Waals surface area contributed by atoms with E-state index in [1.165, 1.54) is 0 Å². The second kappa shape index (κ2) is 8.44. The highest BCUT2D eigenvalue weighted by molar-refractivity contribution is 5.64. The normalized spacial score (nSPS) is 22.1. The van der Waals surface area contributed by atoms with Crippen molar-refractivity contribution in [3.05, 3.63) is 54.1 Å². The summed E-state index contributed by atoms with van der Waals surface area (Å²) in [5, 5.41) is 11.0. The lowest BCUT2D eigenvalue weighted by atomic mass is 9.78. The van der Waals surface area contributed by atoms with Crippen LogP contribution in [0.2, 0.25) is 0 Å². The van der Waals surface area contributed by atoms with Gasteiger partial charge in [-0.2, -0.15) is 0 Å². The molecule has 0 aromatic heterocycles. The van der Waals surface area contributed by atoms with Gasteiger partial charge in [0.1, 0.15) is 11.9 Å². The molecule has 1 aliphatic carbocycles. The molecular weight excluding hydrogens is 344 g/mol. The highest BCUT2D eigenvalue weighted by Gasteiger charge is 2.36. The smallest absolute Gasteiger partial charge is 0.497 e. The van der Waals surface area contributed by atoms with Gasteiger partial charge in [0.05, 0.1) is 19.3 Å². The lowest BCUT2D eigenvalue weighted by Gasteiger charge is -2.36. The quantitative estimate of drug-likeness (QED) is 0.775. The van der Waals surface area contributed by atoms with E-state index in [0.29, 0.717) is 32.3 Å². The van der Waals surface area contributed by atoms with Crippen molar-refractivity contribution >= 4 is 6.16 Å². The first kappa shape index (κ1) is 19.2. The number of ether oxygens (including phenoxy) is 3. The Morgan fingerprint density at radius 2 is 1.59 bits per heavy atom. The first-order valence-corrected chi connectivity index (χ1v) is 9.35. The fraction of sp³-hybridized carbons (Fsp3) is 0.409. The van der Waals surface area contributed by atoms with E-state index in [9.17, 15) is 9.90 Å². The van der Waals surface area contributed by atoms with E-state index in [4.69, 9.17) is 14.2 Å². The number of hydrogen-bond acceptors (Lipinski definition) is 5. The van der Waals surface area contributed by atoms with E-state index >= 15 is 0 Å². The molecule has 144 valence electrons. The van der Waals surface area contributed by atoms with Crippen LogP contribution in [0.4, 0.5) is 4.79 Å². The Bertz CT molecular complexity index is 743. The lowest BCUT2D eigenvalue weighted by Crippen LogP contribution is -2.35. The molecule has 5 heteroatoms. The predicted molar refractivity (Wildman–Crippen MR) is 103 cm³/mol. The summed E-state index contributed by atoms with van der Waals surface area (Å²) >= 11 is 0. The van der Waals surface area contributed by atoms with Gasteiger partial charge in [0, 0.05) is 0 Å². The SMILES string of the molecule is CCOC(=O)OC1CCC(O)(c2ccc(-c3ccc(OC)cc3)cc2)CC1. The molecular formula is C22H26O5. The van der Waals surface area contributed by atoms with Gasteiger partial charge in [-0.15, -0.1) is 0 Å². The molecule has 1 N–H and O–H groups in total. The summed E-state index contributed by atoms with van der Waals surface area (Å²) < 4.78 is 15.3. The molecule has 0 aliphatic heterocycles. The molecule has 0 bridgehead atoms. The second-order valence-electron chi connectivity index (χ2n) is 6.84. The summed E-state index contributed by atoms with van der Waals surface area (Å²) in [5.74, 6) is 0.825. The van der Waals surface area contributed by atoms with E-state index in [1.807, 2.05) is 48.5 Å². The van der Waals surface area contributed by atoms with Gasteiger partial charge < -0.3 is 19.3 Å². The fourth-order valence-corrected chi connectivity index (χ4v) is 3.52. The standard InChI is InChI=1S/C22H26O5/c1-3-26-21(23)27-20-12-14-22(24,15-13-20)18-8-4-16(5-9-18)17-6-10-19(25-2)11-7-17/h4-11,20,24H,3,12-15H2,1-2H3.